The number of hydrogen-bond donors (Lipinski definition) is 2. The summed E-state index contributed by atoms with van der Waals surface area (Å²) in [5, 5.41) is 15.9. The van der Waals surface area contributed by atoms with Crippen molar-refractivity contribution >= 4 is 29.9 Å². The van der Waals surface area contributed by atoms with E-state index in [-0.39, 0.29) is 29.4 Å². The van der Waals surface area contributed by atoms with Gasteiger partial charge in [-0.15, -0.1) is 34.2 Å². The molecule has 0 amide bonds. The predicted molar refractivity (Wildman–Crippen MR) is 141 cm³/mol. The third-order valence-corrected chi connectivity index (χ3v) is 7.75. The van der Waals surface area contributed by atoms with Crippen LogP contribution in [0.2, 0.25) is 0 Å². The number of aliphatic imine (C=N–C) groups is 1. The van der Waals surface area contributed by atoms with Crippen molar-refractivity contribution in [2.75, 3.05) is 26.2 Å². The third kappa shape index (κ3) is 5.75. The van der Waals surface area contributed by atoms with E-state index in [1.54, 1.807) is 0 Å². The topological polar surface area (TPSA) is 79.6 Å². The fourth-order valence-electron chi connectivity index (χ4n) is 5.40. The second-order valence-corrected chi connectivity index (χ2v) is 9.01. The SMILES string of the molecule is CCOC1CC(NC(=NCc2nnc(C)n2C)NCC2CCCN2CC)C1(CC)CC.I. The maximum absolute atomic E-state index is 6.08. The Bertz CT molecular complexity index is 734. The Balaban J connectivity index is 0.00000363. The van der Waals surface area contributed by atoms with Gasteiger partial charge in [0.15, 0.2) is 11.8 Å². The number of aryl methyl sites for hydroxylation is 1. The molecule has 2 heterocycles. The maximum atomic E-state index is 6.08. The molecule has 1 saturated heterocycles. The summed E-state index contributed by atoms with van der Waals surface area (Å²) < 4.78 is 8.08. The van der Waals surface area contributed by atoms with Crippen LogP contribution < -0.4 is 10.6 Å². The standard InChI is InChI=1S/C23H43N7O.HI/c1-7-23(8-2)19(14-20(23)31-10-4)26-22(24-15-18-12-11-13-30(18)9-3)25-16-21-28-27-17(5)29(21)6;/h18-20H,7-16H2,1-6H3,(H2,24,25,26);1H. The molecule has 0 aromatic carbocycles. The quantitative estimate of drug-likeness (QED) is 0.260. The molecule has 0 bridgehead atoms. The lowest BCUT2D eigenvalue weighted by Crippen LogP contribution is -2.66. The van der Waals surface area contributed by atoms with Crippen LogP contribution in [-0.4, -0.2) is 70.1 Å². The van der Waals surface area contributed by atoms with Crippen molar-refractivity contribution < 1.29 is 4.74 Å². The van der Waals surface area contributed by atoms with E-state index in [0.29, 0.717) is 24.7 Å². The molecular formula is C23H44IN7O. The van der Waals surface area contributed by atoms with Crippen molar-refractivity contribution in [2.45, 2.75) is 91.5 Å². The van der Waals surface area contributed by atoms with Crippen LogP contribution in [0.3, 0.4) is 0 Å². The number of rotatable bonds is 10. The maximum Gasteiger partial charge on any atom is 0.192 e. The number of guanidine groups is 1. The summed E-state index contributed by atoms with van der Waals surface area (Å²) in [4.78, 5) is 7.48. The summed E-state index contributed by atoms with van der Waals surface area (Å²) >= 11 is 0. The van der Waals surface area contributed by atoms with Gasteiger partial charge >= 0.3 is 0 Å². The Morgan fingerprint density at radius 3 is 2.56 bits per heavy atom. The normalized spacial score (nSPS) is 25.3. The van der Waals surface area contributed by atoms with E-state index < -0.39 is 0 Å². The highest BCUT2D eigenvalue weighted by atomic mass is 127. The monoisotopic (exact) mass is 561 g/mol. The number of aromatic nitrogens is 3. The van der Waals surface area contributed by atoms with Gasteiger partial charge < -0.3 is 19.9 Å². The number of hydrogen-bond acceptors (Lipinski definition) is 5. The largest absolute Gasteiger partial charge is 0.378 e. The van der Waals surface area contributed by atoms with Crippen LogP contribution in [0.5, 0.6) is 0 Å². The first-order valence-electron chi connectivity index (χ1n) is 12.2. The van der Waals surface area contributed by atoms with Crippen molar-refractivity contribution in [3.05, 3.63) is 11.6 Å². The first-order valence-corrected chi connectivity index (χ1v) is 12.2. The lowest BCUT2D eigenvalue weighted by Gasteiger charge is -2.55. The zero-order valence-electron chi connectivity index (χ0n) is 20.9. The lowest BCUT2D eigenvalue weighted by atomic mass is 9.58. The molecule has 9 heteroatoms. The first-order chi connectivity index (χ1) is 15.0. The van der Waals surface area contributed by atoms with E-state index in [9.17, 15) is 0 Å². The van der Waals surface area contributed by atoms with Crippen LogP contribution in [0.1, 0.15) is 71.4 Å². The summed E-state index contributed by atoms with van der Waals surface area (Å²) in [6, 6.07) is 0.950. The second kappa shape index (κ2) is 12.5. The summed E-state index contributed by atoms with van der Waals surface area (Å²) in [5.74, 6) is 2.68. The number of nitrogens with zero attached hydrogens (tertiary/aromatic N) is 5. The molecule has 3 unspecified atom stereocenters. The van der Waals surface area contributed by atoms with Gasteiger partial charge in [-0.3, -0.25) is 4.90 Å². The molecule has 8 nitrogen and oxygen atoms in total. The molecule has 2 aliphatic rings. The van der Waals surface area contributed by atoms with E-state index in [2.05, 4.69) is 53.4 Å². The van der Waals surface area contributed by atoms with Crippen molar-refractivity contribution in [2.24, 2.45) is 17.5 Å². The average Bonchev–Trinajstić information content (AvgIpc) is 3.36. The van der Waals surface area contributed by atoms with Crippen molar-refractivity contribution in [3.63, 3.8) is 0 Å². The van der Waals surface area contributed by atoms with Crippen LogP contribution >= 0.6 is 24.0 Å². The minimum absolute atomic E-state index is 0. The van der Waals surface area contributed by atoms with Gasteiger partial charge in [-0.2, -0.15) is 0 Å². The number of nitrogens with one attached hydrogen (secondary N) is 2. The molecule has 3 rings (SSSR count). The molecule has 1 aliphatic heterocycles. The Morgan fingerprint density at radius 1 is 1.22 bits per heavy atom. The number of likely N-dealkylation sites (tertiary alicyclic amines) is 1. The van der Waals surface area contributed by atoms with Crippen molar-refractivity contribution in [1.29, 1.82) is 0 Å². The van der Waals surface area contributed by atoms with E-state index >= 15 is 0 Å². The van der Waals surface area contributed by atoms with E-state index in [4.69, 9.17) is 9.73 Å². The Labute approximate surface area is 211 Å². The smallest absolute Gasteiger partial charge is 0.192 e. The van der Waals surface area contributed by atoms with Gasteiger partial charge in [0.1, 0.15) is 12.4 Å². The minimum atomic E-state index is 0. The Kier molecular flexibility index (Phi) is 10.7. The number of ether oxygens (including phenoxy) is 1. The Morgan fingerprint density at radius 2 is 1.97 bits per heavy atom. The predicted octanol–water partition coefficient (Wildman–Crippen LogP) is 3.24. The Hall–Kier alpha value is -0.940. The summed E-state index contributed by atoms with van der Waals surface area (Å²) in [7, 11) is 2.00. The molecule has 32 heavy (non-hydrogen) atoms. The average molecular weight is 562 g/mol. The molecule has 2 fully saturated rings. The van der Waals surface area contributed by atoms with Gasteiger partial charge in [0.25, 0.3) is 0 Å². The van der Waals surface area contributed by atoms with Crippen LogP contribution in [0.25, 0.3) is 0 Å². The first kappa shape index (κ1) is 27.3. The minimum Gasteiger partial charge on any atom is -0.378 e. The number of halogens is 1. The van der Waals surface area contributed by atoms with Gasteiger partial charge in [0.2, 0.25) is 0 Å². The molecule has 3 atom stereocenters. The van der Waals surface area contributed by atoms with Crippen molar-refractivity contribution in [1.82, 2.24) is 30.3 Å². The fraction of sp³-hybridized carbons (Fsp3) is 0.870. The van der Waals surface area contributed by atoms with Crippen LogP contribution in [-0.2, 0) is 18.3 Å². The van der Waals surface area contributed by atoms with E-state index in [1.807, 2.05) is 18.5 Å². The molecule has 1 aliphatic carbocycles. The highest BCUT2D eigenvalue weighted by Crippen LogP contribution is 2.48. The van der Waals surface area contributed by atoms with Gasteiger partial charge in [-0.1, -0.05) is 20.8 Å². The van der Waals surface area contributed by atoms with Crippen LogP contribution in [0.4, 0.5) is 0 Å². The highest BCUT2D eigenvalue weighted by Gasteiger charge is 2.53. The van der Waals surface area contributed by atoms with E-state index in [0.717, 1.165) is 56.6 Å². The van der Waals surface area contributed by atoms with Gasteiger partial charge in [0, 0.05) is 37.7 Å². The second-order valence-electron chi connectivity index (χ2n) is 9.01. The number of likely N-dealkylation sites (N-methyl/N-ethyl adjacent to an activating group) is 1. The van der Waals surface area contributed by atoms with Gasteiger partial charge in [-0.25, -0.2) is 4.99 Å². The summed E-state index contributed by atoms with van der Waals surface area (Å²) in [6.45, 7) is 15.4. The lowest BCUT2D eigenvalue weighted by molar-refractivity contribution is -0.133. The van der Waals surface area contributed by atoms with Crippen LogP contribution in [0, 0.1) is 12.3 Å². The fourth-order valence-corrected chi connectivity index (χ4v) is 5.40. The highest BCUT2D eigenvalue weighted by molar-refractivity contribution is 14.0. The zero-order chi connectivity index (χ0) is 22.4. The molecule has 184 valence electrons. The molecule has 2 N–H and O–H groups in total. The van der Waals surface area contributed by atoms with Crippen molar-refractivity contribution in [3.8, 4) is 0 Å². The molecular weight excluding hydrogens is 517 g/mol. The van der Waals surface area contributed by atoms with Gasteiger partial charge in [0.05, 0.1) is 6.10 Å². The molecule has 0 spiro atoms. The molecule has 1 aromatic rings. The summed E-state index contributed by atoms with van der Waals surface area (Å²) in [5.41, 5.74) is 0.169. The molecule has 1 aromatic heterocycles. The molecule has 0 radical (unpaired) electrons. The third-order valence-electron chi connectivity index (χ3n) is 7.75. The van der Waals surface area contributed by atoms with Gasteiger partial charge in [-0.05, 0) is 59.0 Å². The van der Waals surface area contributed by atoms with E-state index in [1.165, 1.54) is 19.4 Å². The van der Waals surface area contributed by atoms with Crippen LogP contribution in [0.15, 0.2) is 4.99 Å². The summed E-state index contributed by atoms with van der Waals surface area (Å²) in [6.07, 6.45) is 6.11. The molecule has 1 saturated carbocycles. The zero-order valence-corrected chi connectivity index (χ0v) is 23.2.